The van der Waals surface area contributed by atoms with Gasteiger partial charge in [0, 0.05) is 38.0 Å². The summed E-state index contributed by atoms with van der Waals surface area (Å²) in [6, 6.07) is 12.0. The maximum absolute atomic E-state index is 12.3. The zero-order chi connectivity index (χ0) is 31.6. The van der Waals surface area contributed by atoms with E-state index in [9.17, 15) is 20.2 Å². The third kappa shape index (κ3) is 7.88. The second-order valence-electron chi connectivity index (χ2n) is 9.83. The molecule has 4 rings (SSSR count). The molecular formula is C30H33N7O7. The first kappa shape index (κ1) is 31.5. The van der Waals surface area contributed by atoms with Gasteiger partial charge in [-0.3, -0.25) is 15.1 Å². The maximum Gasteiger partial charge on any atom is 0.392 e. The second-order valence-corrected chi connectivity index (χ2v) is 9.83. The minimum absolute atomic E-state index is 0.0945. The Labute approximate surface area is 254 Å². The van der Waals surface area contributed by atoms with E-state index in [2.05, 4.69) is 26.3 Å². The van der Waals surface area contributed by atoms with Crippen LogP contribution in [-0.4, -0.2) is 67.1 Å². The molecule has 14 heteroatoms. The number of benzene rings is 2. The van der Waals surface area contributed by atoms with Gasteiger partial charge in [0.1, 0.15) is 17.3 Å². The summed E-state index contributed by atoms with van der Waals surface area (Å²) in [7, 11) is 3.69. The summed E-state index contributed by atoms with van der Waals surface area (Å²) in [5.41, 5.74) is 1.87. The number of unbranched alkanes of at least 4 members (excludes halogenated alkanes) is 1. The topological polar surface area (TPSA) is 174 Å². The zero-order valence-electron chi connectivity index (χ0n) is 25.0. The number of aliphatic imine (C=N–C) groups is 1. The summed E-state index contributed by atoms with van der Waals surface area (Å²) in [4.78, 5) is 38.3. The number of aryl methyl sites for hydroxylation is 1. The van der Waals surface area contributed by atoms with Gasteiger partial charge in [-0.05, 0) is 49.6 Å². The molecule has 0 radical (unpaired) electrons. The normalized spacial score (nSPS) is 12.0. The van der Waals surface area contributed by atoms with Crippen molar-refractivity contribution in [3.63, 3.8) is 0 Å². The van der Waals surface area contributed by atoms with Gasteiger partial charge in [0.05, 0.1) is 29.7 Å². The van der Waals surface area contributed by atoms with Gasteiger partial charge < -0.3 is 29.2 Å². The summed E-state index contributed by atoms with van der Waals surface area (Å²) < 4.78 is 22.4. The predicted molar refractivity (Wildman–Crippen MR) is 161 cm³/mol. The van der Waals surface area contributed by atoms with Crippen molar-refractivity contribution in [2.24, 2.45) is 4.99 Å². The van der Waals surface area contributed by atoms with E-state index in [0.717, 1.165) is 24.1 Å². The van der Waals surface area contributed by atoms with E-state index in [1.54, 1.807) is 31.2 Å². The van der Waals surface area contributed by atoms with E-state index in [1.165, 1.54) is 6.07 Å². The Kier molecular flexibility index (Phi) is 10.5. The average molecular weight is 604 g/mol. The Morgan fingerprint density at radius 2 is 1.93 bits per heavy atom. The molecule has 3 aromatic rings. The molecule has 0 bridgehead atoms. The van der Waals surface area contributed by atoms with Gasteiger partial charge >= 0.3 is 29.4 Å². The molecule has 14 nitrogen and oxygen atoms in total. The monoisotopic (exact) mass is 603 g/mol. The minimum atomic E-state index is -0.762. The first-order valence-corrected chi connectivity index (χ1v) is 14.1. The average Bonchev–Trinajstić information content (AvgIpc) is 3.54. The van der Waals surface area contributed by atoms with Crippen molar-refractivity contribution in [1.29, 1.82) is 5.26 Å². The van der Waals surface area contributed by atoms with Gasteiger partial charge in [0.2, 0.25) is 0 Å². The summed E-state index contributed by atoms with van der Waals surface area (Å²) in [5.74, 6) is -0.594. The van der Waals surface area contributed by atoms with Crippen molar-refractivity contribution < 1.29 is 28.7 Å². The highest BCUT2D eigenvalue weighted by molar-refractivity contribution is 6.01. The summed E-state index contributed by atoms with van der Waals surface area (Å²) in [6.45, 7) is 4.41. The van der Waals surface area contributed by atoms with Crippen LogP contribution in [0.2, 0.25) is 0 Å². The van der Waals surface area contributed by atoms with Crippen LogP contribution in [0.25, 0.3) is 0 Å². The van der Waals surface area contributed by atoms with E-state index in [1.807, 2.05) is 32.0 Å². The van der Waals surface area contributed by atoms with E-state index in [-0.39, 0.29) is 18.4 Å². The minimum Gasteiger partial charge on any atom is -0.463 e. The van der Waals surface area contributed by atoms with Gasteiger partial charge in [0.15, 0.2) is 6.61 Å². The molecule has 2 aromatic carbocycles. The maximum atomic E-state index is 12.3. The number of aromatic nitrogens is 2. The number of nitrogens with one attached hydrogen (secondary N) is 1. The molecule has 1 N–H and O–H groups in total. The van der Waals surface area contributed by atoms with Crippen molar-refractivity contribution >= 4 is 23.2 Å². The third-order valence-electron chi connectivity index (χ3n) is 6.38. The predicted octanol–water partition coefficient (Wildman–Crippen LogP) is 4.54. The van der Waals surface area contributed by atoms with Crippen molar-refractivity contribution in [2.45, 2.75) is 33.1 Å². The third-order valence-corrected chi connectivity index (χ3v) is 6.38. The standard InChI is InChI=1S/C30H33N7O7/c1-5-7-8-20-10-9-19(17-31)13-24(20)44-30-34-28(42-18-25(38)41-6-2)26(37(39)40)29(35-30)43-23-15-21(27-32-11-12-33-27)14-22(16-23)36(3)4/h9-10,13-16H,5-8,11-12,18H2,1-4H3,(H,32,33). The number of amidine groups is 1. The van der Waals surface area contributed by atoms with Crippen LogP contribution in [0.15, 0.2) is 41.4 Å². The molecular weight excluding hydrogens is 570 g/mol. The summed E-state index contributed by atoms with van der Waals surface area (Å²) in [6.07, 6.45) is 2.43. The molecule has 1 aromatic heterocycles. The quantitative estimate of drug-likeness (QED) is 0.155. The fourth-order valence-electron chi connectivity index (χ4n) is 4.23. The van der Waals surface area contributed by atoms with Crippen LogP contribution in [0.3, 0.4) is 0 Å². The fraction of sp³-hybridized carbons (Fsp3) is 0.367. The molecule has 0 fully saturated rings. The molecule has 0 aliphatic carbocycles. The van der Waals surface area contributed by atoms with Gasteiger partial charge in [-0.15, -0.1) is 0 Å². The van der Waals surface area contributed by atoms with Gasteiger partial charge in [-0.1, -0.05) is 19.4 Å². The molecule has 1 aliphatic heterocycles. The van der Waals surface area contributed by atoms with Crippen molar-refractivity contribution in [3.05, 3.63) is 63.2 Å². The molecule has 0 unspecified atom stereocenters. The molecule has 0 spiro atoms. The number of carbonyl (C=O) groups is 1. The van der Waals surface area contributed by atoms with Crippen LogP contribution in [-0.2, 0) is 16.0 Å². The van der Waals surface area contributed by atoms with Crippen LogP contribution in [0, 0.1) is 21.4 Å². The van der Waals surface area contributed by atoms with Crippen LogP contribution in [0.4, 0.5) is 11.4 Å². The first-order chi connectivity index (χ1) is 21.2. The van der Waals surface area contributed by atoms with Gasteiger partial charge in [-0.2, -0.15) is 15.2 Å². The Morgan fingerprint density at radius 3 is 2.59 bits per heavy atom. The molecule has 0 amide bonds. The van der Waals surface area contributed by atoms with E-state index < -0.39 is 34.9 Å². The highest BCUT2D eigenvalue weighted by Gasteiger charge is 2.31. The van der Waals surface area contributed by atoms with E-state index >= 15 is 0 Å². The molecule has 1 aliphatic rings. The zero-order valence-corrected chi connectivity index (χ0v) is 25.0. The SMILES string of the molecule is CCCCc1ccc(C#N)cc1Oc1nc(OCC(=O)OCC)c([N+](=O)[O-])c(Oc2cc(C3=NCCN3)cc(N(C)C)c2)n1. The number of nitrogens with zero attached hydrogens (tertiary/aromatic N) is 6. The van der Waals surface area contributed by atoms with Crippen LogP contribution in [0.1, 0.15) is 43.4 Å². The van der Waals surface area contributed by atoms with E-state index in [0.29, 0.717) is 42.2 Å². The largest absolute Gasteiger partial charge is 0.463 e. The Morgan fingerprint density at radius 1 is 1.14 bits per heavy atom. The fourth-order valence-corrected chi connectivity index (χ4v) is 4.23. The lowest BCUT2D eigenvalue weighted by atomic mass is 10.1. The number of ether oxygens (including phenoxy) is 4. The molecule has 2 heterocycles. The Balaban J connectivity index is 1.82. The number of anilines is 1. The van der Waals surface area contributed by atoms with Crippen LogP contribution < -0.4 is 24.4 Å². The Bertz CT molecular complexity index is 1600. The first-order valence-electron chi connectivity index (χ1n) is 14.1. The number of nitro groups is 1. The lowest BCUT2D eigenvalue weighted by molar-refractivity contribution is -0.387. The van der Waals surface area contributed by atoms with Crippen molar-refractivity contribution in [1.82, 2.24) is 15.3 Å². The second kappa shape index (κ2) is 14.6. The van der Waals surface area contributed by atoms with Crippen LogP contribution >= 0.6 is 0 Å². The number of carbonyl (C=O) groups excluding carboxylic acids is 1. The van der Waals surface area contributed by atoms with Gasteiger partial charge in [-0.25, -0.2) is 4.79 Å². The van der Waals surface area contributed by atoms with Crippen LogP contribution in [0.5, 0.6) is 29.3 Å². The number of hydrogen-bond donors (Lipinski definition) is 1. The molecule has 230 valence electrons. The smallest absolute Gasteiger partial charge is 0.392 e. The van der Waals surface area contributed by atoms with E-state index in [4.69, 9.17) is 18.9 Å². The Hall–Kier alpha value is -5.45. The lowest BCUT2D eigenvalue weighted by Crippen LogP contribution is -2.20. The highest BCUT2D eigenvalue weighted by atomic mass is 16.6. The number of nitriles is 1. The molecule has 44 heavy (non-hydrogen) atoms. The van der Waals surface area contributed by atoms with Crippen molar-refractivity contribution in [2.75, 3.05) is 45.3 Å². The molecule has 0 saturated heterocycles. The highest BCUT2D eigenvalue weighted by Crippen LogP contribution is 2.40. The number of esters is 1. The molecule has 0 saturated carbocycles. The molecule has 0 atom stereocenters. The number of hydrogen-bond acceptors (Lipinski definition) is 13. The summed E-state index contributed by atoms with van der Waals surface area (Å²) >= 11 is 0. The van der Waals surface area contributed by atoms with Gasteiger partial charge in [0.25, 0.3) is 0 Å². The van der Waals surface area contributed by atoms with Crippen molar-refractivity contribution in [3.8, 4) is 35.3 Å². The number of rotatable bonds is 14. The lowest BCUT2D eigenvalue weighted by Gasteiger charge is -2.17. The summed E-state index contributed by atoms with van der Waals surface area (Å²) in [5, 5.41) is 25.0.